The zero-order valence-corrected chi connectivity index (χ0v) is 23.4. The highest BCUT2D eigenvalue weighted by atomic mass is 16.6. The lowest BCUT2D eigenvalue weighted by Crippen LogP contribution is -2.55. The summed E-state index contributed by atoms with van der Waals surface area (Å²) in [6, 6.07) is 6.01. The summed E-state index contributed by atoms with van der Waals surface area (Å²) in [5.41, 5.74) is 5.18. The molecule has 1 aromatic rings. The van der Waals surface area contributed by atoms with E-state index in [1.807, 2.05) is 24.3 Å². The molecule has 0 bridgehead atoms. The summed E-state index contributed by atoms with van der Waals surface area (Å²) in [6.45, 7) is 9.58. The second-order valence-electron chi connectivity index (χ2n) is 11.2. The standard InChI is InChI=1S/C28H43N5O6/c1-28(2,3)39-27(37)31-23(6-4-13-30-26(29)36)25(35)33-17-15-32(16-18-33)14-5-19-38-22-11-9-21(10-12-22)24(34)20-7-8-20/h9-12,20,23H,4-8,13-19H2,1-3H3,(H,31,37)(H3,29,30,36)/t23-/m1/s1. The number of ketones is 1. The Labute approximate surface area is 230 Å². The van der Waals surface area contributed by atoms with E-state index < -0.39 is 23.8 Å². The van der Waals surface area contributed by atoms with Crippen LogP contribution in [0.15, 0.2) is 24.3 Å². The summed E-state index contributed by atoms with van der Waals surface area (Å²) in [4.78, 5) is 52.7. The molecule has 2 fully saturated rings. The molecule has 4 amide bonds. The molecule has 0 unspecified atom stereocenters. The predicted octanol–water partition coefficient (Wildman–Crippen LogP) is 2.53. The van der Waals surface area contributed by atoms with E-state index in [1.165, 1.54) is 0 Å². The zero-order chi connectivity index (χ0) is 28.4. The number of primary amides is 1. The van der Waals surface area contributed by atoms with E-state index in [1.54, 1.807) is 25.7 Å². The number of benzene rings is 1. The van der Waals surface area contributed by atoms with Crippen LogP contribution in [0.2, 0.25) is 0 Å². The van der Waals surface area contributed by atoms with Gasteiger partial charge in [0.25, 0.3) is 0 Å². The molecule has 0 aromatic heterocycles. The fourth-order valence-corrected chi connectivity index (χ4v) is 4.41. The van der Waals surface area contributed by atoms with Crippen LogP contribution < -0.4 is 21.1 Å². The number of piperazine rings is 1. The molecule has 1 heterocycles. The zero-order valence-electron chi connectivity index (χ0n) is 23.4. The highest BCUT2D eigenvalue weighted by Crippen LogP contribution is 2.32. The Balaban J connectivity index is 1.39. The number of rotatable bonds is 13. The van der Waals surface area contributed by atoms with Crippen LogP contribution in [0.25, 0.3) is 0 Å². The lowest BCUT2D eigenvalue weighted by Gasteiger charge is -2.36. The molecule has 2 aliphatic rings. The highest BCUT2D eigenvalue weighted by molar-refractivity contribution is 5.99. The van der Waals surface area contributed by atoms with E-state index in [0.29, 0.717) is 39.1 Å². The number of urea groups is 1. The van der Waals surface area contributed by atoms with Gasteiger partial charge in [0.1, 0.15) is 17.4 Å². The first-order chi connectivity index (χ1) is 18.5. The fraction of sp³-hybridized carbons (Fsp3) is 0.643. The van der Waals surface area contributed by atoms with Gasteiger partial charge in [-0.1, -0.05) is 0 Å². The first-order valence-corrected chi connectivity index (χ1v) is 13.8. The third kappa shape index (κ3) is 10.7. The summed E-state index contributed by atoms with van der Waals surface area (Å²) in [5.74, 6) is 1.04. The van der Waals surface area contributed by atoms with Crippen molar-refractivity contribution in [3.63, 3.8) is 0 Å². The van der Waals surface area contributed by atoms with Crippen LogP contribution in [0.5, 0.6) is 5.75 Å². The topological polar surface area (TPSA) is 143 Å². The van der Waals surface area contributed by atoms with Gasteiger partial charge >= 0.3 is 12.1 Å². The van der Waals surface area contributed by atoms with Gasteiger partial charge in [0.15, 0.2) is 5.78 Å². The Bertz CT molecular complexity index is 981. The summed E-state index contributed by atoms with van der Waals surface area (Å²) in [7, 11) is 0. The SMILES string of the molecule is CC(C)(C)OC(=O)N[C@H](CCCNC(N)=O)C(=O)N1CCN(CCCOc2ccc(C(=O)C3CC3)cc2)CC1. The monoisotopic (exact) mass is 545 g/mol. The number of ether oxygens (including phenoxy) is 2. The molecule has 11 heteroatoms. The van der Waals surface area contributed by atoms with Crippen LogP contribution in [0.4, 0.5) is 9.59 Å². The van der Waals surface area contributed by atoms with E-state index >= 15 is 0 Å². The minimum atomic E-state index is -0.750. The minimum Gasteiger partial charge on any atom is -0.494 e. The number of nitrogens with zero attached hydrogens (tertiary/aromatic N) is 2. The molecule has 1 atom stereocenters. The van der Waals surface area contributed by atoms with Crippen molar-refractivity contribution in [1.82, 2.24) is 20.4 Å². The molecule has 4 N–H and O–H groups in total. The van der Waals surface area contributed by atoms with Gasteiger partial charge in [0.2, 0.25) is 5.91 Å². The Morgan fingerprint density at radius 1 is 1.03 bits per heavy atom. The number of carbonyl (C=O) groups excluding carboxylic acids is 4. The molecule has 216 valence electrons. The third-order valence-electron chi connectivity index (χ3n) is 6.62. The van der Waals surface area contributed by atoms with Gasteiger partial charge in [-0.15, -0.1) is 0 Å². The van der Waals surface area contributed by atoms with E-state index in [2.05, 4.69) is 15.5 Å². The highest BCUT2D eigenvalue weighted by Gasteiger charge is 2.31. The predicted molar refractivity (Wildman–Crippen MR) is 147 cm³/mol. The number of hydrogen-bond donors (Lipinski definition) is 3. The number of amides is 4. The second-order valence-corrected chi connectivity index (χ2v) is 11.2. The number of alkyl carbamates (subject to hydrolysis) is 1. The summed E-state index contributed by atoms with van der Waals surface area (Å²) < 4.78 is 11.2. The molecule has 1 aliphatic carbocycles. The Morgan fingerprint density at radius 3 is 2.28 bits per heavy atom. The molecule has 1 saturated heterocycles. The Morgan fingerprint density at radius 2 is 1.69 bits per heavy atom. The number of Topliss-reactive ketones (excluding diaryl/α,β-unsaturated/α-hetero) is 1. The van der Waals surface area contributed by atoms with Crippen LogP contribution in [0.1, 0.15) is 63.2 Å². The van der Waals surface area contributed by atoms with Crippen LogP contribution in [0.3, 0.4) is 0 Å². The molecule has 3 rings (SSSR count). The second kappa shape index (κ2) is 14.2. The van der Waals surface area contributed by atoms with Crippen LogP contribution in [-0.2, 0) is 9.53 Å². The molecule has 1 aromatic carbocycles. The normalized spacial score (nSPS) is 16.7. The van der Waals surface area contributed by atoms with E-state index in [0.717, 1.165) is 50.2 Å². The molecule has 1 aliphatic heterocycles. The maximum atomic E-state index is 13.2. The van der Waals surface area contributed by atoms with Gasteiger partial charge in [-0.05, 0) is 77.1 Å². The van der Waals surface area contributed by atoms with Gasteiger partial charge in [-0.3, -0.25) is 14.5 Å². The van der Waals surface area contributed by atoms with Crippen LogP contribution in [-0.4, -0.2) is 91.1 Å². The molecule has 11 nitrogen and oxygen atoms in total. The van der Waals surface area contributed by atoms with Crippen molar-refractivity contribution >= 4 is 23.8 Å². The van der Waals surface area contributed by atoms with Crippen molar-refractivity contribution in [3.8, 4) is 5.75 Å². The summed E-state index contributed by atoms with van der Waals surface area (Å²) >= 11 is 0. The minimum absolute atomic E-state index is 0.161. The first kappa shape index (κ1) is 30.2. The smallest absolute Gasteiger partial charge is 0.408 e. The third-order valence-corrected chi connectivity index (χ3v) is 6.62. The maximum absolute atomic E-state index is 13.2. The van der Waals surface area contributed by atoms with Gasteiger partial charge in [-0.25, -0.2) is 9.59 Å². The van der Waals surface area contributed by atoms with Gasteiger partial charge in [-0.2, -0.15) is 0 Å². The lowest BCUT2D eigenvalue weighted by atomic mass is 10.1. The average Bonchev–Trinajstić information content (AvgIpc) is 3.73. The van der Waals surface area contributed by atoms with Crippen molar-refractivity contribution in [2.45, 2.75) is 64.5 Å². The molecular weight excluding hydrogens is 502 g/mol. The largest absolute Gasteiger partial charge is 0.494 e. The van der Waals surface area contributed by atoms with Gasteiger partial charge in [0, 0.05) is 50.7 Å². The van der Waals surface area contributed by atoms with Crippen molar-refractivity contribution in [1.29, 1.82) is 0 Å². The summed E-state index contributed by atoms with van der Waals surface area (Å²) in [6.07, 6.45) is 3.02. The van der Waals surface area contributed by atoms with Crippen molar-refractivity contribution < 1.29 is 28.7 Å². The van der Waals surface area contributed by atoms with Crippen molar-refractivity contribution in [3.05, 3.63) is 29.8 Å². The Kier molecular flexibility index (Phi) is 11.0. The van der Waals surface area contributed by atoms with Crippen molar-refractivity contribution in [2.75, 3.05) is 45.9 Å². The van der Waals surface area contributed by atoms with Crippen LogP contribution >= 0.6 is 0 Å². The quantitative estimate of drug-likeness (QED) is 0.255. The Hall–Kier alpha value is -3.34. The van der Waals surface area contributed by atoms with Crippen LogP contribution in [0, 0.1) is 5.92 Å². The average molecular weight is 546 g/mol. The number of carbonyl (C=O) groups is 4. The first-order valence-electron chi connectivity index (χ1n) is 13.8. The molecule has 1 saturated carbocycles. The number of nitrogens with one attached hydrogen (secondary N) is 2. The maximum Gasteiger partial charge on any atom is 0.408 e. The molecule has 39 heavy (non-hydrogen) atoms. The van der Waals surface area contributed by atoms with Gasteiger partial charge in [0.05, 0.1) is 6.61 Å². The van der Waals surface area contributed by atoms with E-state index in [9.17, 15) is 19.2 Å². The lowest BCUT2D eigenvalue weighted by molar-refractivity contribution is -0.135. The molecule has 0 spiro atoms. The molecule has 0 radical (unpaired) electrons. The van der Waals surface area contributed by atoms with E-state index in [-0.39, 0.29) is 17.6 Å². The molecular formula is C28H43N5O6. The van der Waals surface area contributed by atoms with Gasteiger partial charge < -0.3 is 30.7 Å². The van der Waals surface area contributed by atoms with Crippen molar-refractivity contribution in [2.24, 2.45) is 11.7 Å². The number of nitrogens with two attached hydrogens (primary N) is 1. The van der Waals surface area contributed by atoms with E-state index in [4.69, 9.17) is 15.2 Å². The fourth-order valence-electron chi connectivity index (χ4n) is 4.41. The number of hydrogen-bond acceptors (Lipinski definition) is 7. The summed E-state index contributed by atoms with van der Waals surface area (Å²) in [5, 5.41) is 5.20.